The molecule has 0 radical (unpaired) electrons. The van der Waals surface area contributed by atoms with Crippen LogP contribution in [0.2, 0.25) is 0 Å². The standard InChI is InChI=1S/C9H14F3N3/c1-8(2,13)4-3-6-5-14-15-7(6)9(10,11)12/h5H,3-4,13H2,1-2H3,(H,14,15). The van der Waals surface area contributed by atoms with Crippen LogP contribution < -0.4 is 5.73 Å². The van der Waals surface area contributed by atoms with Gasteiger partial charge in [-0.3, -0.25) is 5.10 Å². The third kappa shape index (κ3) is 3.54. The van der Waals surface area contributed by atoms with E-state index in [0.29, 0.717) is 6.42 Å². The van der Waals surface area contributed by atoms with E-state index in [4.69, 9.17) is 5.73 Å². The first-order chi connectivity index (χ1) is 6.70. The summed E-state index contributed by atoms with van der Waals surface area (Å²) in [7, 11) is 0. The van der Waals surface area contributed by atoms with E-state index in [-0.39, 0.29) is 12.0 Å². The molecule has 0 amide bonds. The highest BCUT2D eigenvalue weighted by molar-refractivity contribution is 5.19. The van der Waals surface area contributed by atoms with E-state index in [2.05, 4.69) is 5.10 Å². The minimum atomic E-state index is -4.37. The van der Waals surface area contributed by atoms with Gasteiger partial charge >= 0.3 is 6.18 Å². The molecule has 0 aromatic carbocycles. The van der Waals surface area contributed by atoms with Crippen molar-refractivity contribution in [2.45, 2.75) is 38.4 Å². The van der Waals surface area contributed by atoms with Gasteiger partial charge in [0.15, 0.2) is 0 Å². The summed E-state index contributed by atoms with van der Waals surface area (Å²) in [6, 6.07) is 0. The molecule has 15 heavy (non-hydrogen) atoms. The van der Waals surface area contributed by atoms with Crippen LogP contribution in [-0.4, -0.2) is 15.7 Å². The van der Waals surface area contributed by atoms with Crippen LogP contribution in [0, 0.1) is 0 Å². The molecule has 3 nitrogen and oxygen atoms in total. The lowest BCUT2D eigenvalue weighted by Crippen LogP contribution is -2.32. The summed E-state index contributed by atoms with van der Waals surface area (Å²) in [5.41, 5.74) is 4.62. The van der Waals surface area contributed by atoms with Crippen LogP contribution in [0.4, 0.5) is 13.2 Å². The van der Waals surface area contributed by atoms with Crippen LogP contribution in [0.15, 0.2) is 6.20 Å². The fraction of sp³-hybridized carbons (Fsp3) is 0.667. The predicted molar refractivity (Wildman–Crippen MR) is 50.2 cm³/mol. The fourth-order valence-electron chi connectivity index (χ4n) is 1.20. The number of aromatic nitrogens is 2. The monoisotopic (exact) mass is 221 g/mol. The van der Waals surface area contributed by atoms with Gasteiger partial charge in [0.25, 0.3) is 0 Å². The molecule has 0 aliphatic rings. The third-order valence-electron chi connectivity index (χ3n) is 2.04. The number of nitrogens with two attached hydrogens (primary N) is 1. The van der Waals surface area contributed by atoms with E-state index in [1.165, 1.54) is 6.20 Å². The van der Waals surface area contributed by atoms with Crippen LogP contribution >= 0.6 is 0 Å². The molecule has 1 aromatic heterocycles. The van der Waals surface area contributed by atoms with E-state index in [9.17, 15) is 13.2 Å². The first-order valence-electron chi connectivity index (χ1n) is 4.58. The molecule has 1 rings (SSSR count). The zero-order chi connectivity index (χ0) is 11.7. The zero-order valence-electron chi connectivity index (χ0n) is 8.65. The molecule has 1 heterocycles. The zero-order valence-corrected chi connectivity index (χ0v) is 8.65. The molecule has 0 fully saturated rings. The highest BCUT2D eigenvalue weighted by atomic mass is 19.4. The Bertz CT molecular complexity index is 322. The molecule has 0 spiro atoms. The van der Waals surface area contributed by atoms with Crippen molar-refractivity contribution in [1.29, 1.82) is 0 Å². The lowest BCUT2D eigenvalue weighted by molar-refractivity contribution is -0.141. The van der Waals surface area contributed by atoms with Crippen molar-refractivity contribution in [3.63, 3.8) is 0 Å². The van der Waals surface area contributed by atoms with Crippen molar-refractivity contribution >= 4 is 0 Å². The maximum absolute atomic E-state index is 12.4. The first-order valence-corrected chi connectivity index (χ1v) is 4.58. The van der Waals surface area contributed by atoms with Gasteiger partial charge in [-0.25, -0.2) is 0 Å². The second-order valence-corrected chi connectivity index (χ2v) is 4.26. The molecular formula is C9H14F3N3. The molecule has 1 aromatic rings. The number of alkyl halides is 3. The van der Waals surface area contributed by atoms with Crippen molar-refractivity contribution in [1.82, 2.24) is 10.2 Å². The van der Waals surface area contributed by atoms with Crippen molar-refractivity contribution in [2.24, 2.45) is 5.73 Å². The second-order valence-electron chi connectivity index (χ2n) is 4.26. The maximum Gasteiger partial charge on any atom is 0.433 e. The first kappa shape index (κ1) is 12.0. The normalized spacial score (nSPS) is 13.2. The van der Waals surface area contributed by atoms with Gasteiger partial charge in [0, 0.05) is 11.1 Å². The second kappa shape index (κ2) is 3.84. The molecule has 86 valence electrons. The Hall–Kier alpha value is -1.04. The van der Waals surface area contributed by atoms with E-state index in [1.54, 1.807) is 13.8 Å². The average Bonchev–Trinajstić information content (AvgIpc) is 2.45. The summed E-state index contributed by atoms with van der Waals surface area (Å²) in [5.74, 6) is 0. The lowest BCUT2D eigenvalue weighted by atomic mass is 9.97. The number of nitrogens with zero attached hydrogens (tertiary/aromatic N) is 1. The number of rotatable bonds is 3. The van der Waals surface area contributed by atoms with Crippen LogP contribution in [0.25, 0.3) is 0 Å². The molecule has 0 atom stereocenters. The number of H-pyrrole nitrogens is 1. The van der Waals surface area contributed by atoms with Gasteiger partial charge in [0.1, 0.15) is 5.69 Å². The van der Waals surface area contributed by atoms with Gasteiger partial charge in [0.2, 0.25) is 0 Å². The van der Waals surface area contributed by atoms with Crippen molar-refractivity contribution < 1.29 is 13.2 Å². The Morgan fingerprint density at radius 3 is 2.47 bits per heavy atom. The summed E-state index contributed by atoms with van der Waals surface area (Å²) in [4.78, 5) is 0. The number of aryl methyl sites for hydroxylation is 1. The Balaban J connectivity index is 2.75. The van der Waals surface area contributed by atoms with Crippen LogP contribution in [-0.2, 0) is 12.6 Å². The Labute approximate surface area is 85.9 Å². The fourth-order valence-corrected chi connectivity index (χ4v) is 1.20. The SMILES string of the molecule is CC(C)(N)CCc1cn[nH]c1C(F)(F)F. The summed E-state index contributed by atoms with van der Waals surface area (Å²) in [5, 5.41) is 5.37. The van der Waals surface area contributed by atoms with Gasteiger partial charge in [-0.15, -0.1) is 0 Å². The minimum absolute atomic E-state index is 0.168. The minimum Gasteiger partial charge on any atom is -0.326 e. The van der Waals surface area contributed by atoms with Crippen molar-refractivity contribution in [3.05, 3.63) is 17.5 Å². The smallest absolute Gasteiger partial charge is 0.326 e. The molecule has 0 aliphatic carbocycles. The molecule has 0 aliphatic heterocycles. The van der Waals surface area contributed by atoms with Gasteiger partial charge < -0.3 is 5.73 Å². The Kier molecular flexibility index (Phi) is 3.08. The lowest BCUT2D eigenvalue weighted by Gasteiger charge is -2.18. The summed E-state index contributed by atoms with van der Waals surface area (Å²) >= 11 is 0. The van der Waals surface area contributed by atoms with Gasteiger partial charge in [-0.2, -0.15) is 18.3 Å². The van der Waals surface area contributed by atoms with Gasteiger partial charge in [0.05, 0.1) is 6.20 Å². The number of halogens is 3. The number of hydrogen-bond donors (Lipinski definition) is 2. The Morgan fingerprint density at radius 2 is 2.00 bits per heavy atom. The quantitative estimate of drug-likeness (QED) is 0.821. The molecule has 0 saturated carbocycles. The van der Waals surface area contributed by atoms with E-state index >= 15 is 0 Å². The number of aromatic amines is 1. The maximum atomic E-state index is 12.4. The summed E-state index contributed by atoms with van der Waals surface area (Å²) in [6.45, 7) is 3.56. The van der Waals surface area contributed by atoms with Crippen LogP contribution in [0.1, 0.15) is 31.5 Å². The molecule has 0 saturated heterocycles. The van der Waals surface area contributed by atoms with Crippen molar-refractivity contribution in [3.8, 4) is 0 Å². The predicted octanol–water partition coefficient (Wildman–Crippen LogP) is 2.10. The summed E-state index contributed by atoms with van der Waals surface area (Å²) in [6.07, 6.45) is -2.41. The molecule has 6 heteroatoms. The van der Waals surface area contributed by atoms with E-state index in [1.807, 2.05) is 5.10 Å². The molecule has 0 unspecified atom stereocenters. The van der Waals surface area contributed by atoms with E-state index < -0.39 is 17.4 Å². The largest absolute Gasteiger partial charge is 0.433 e. The number of hydrogen-bond acceptors (Lipinski definition) is 2. The van der Waals surface area contributed by atoms with E-state index in [0.717, 1.165) is 0 Å². The highest BCUT2D eigenvalue weighted by Crippen LogP contribution is 2.30. The highest BCUT2D eigenvalue weighted by Gasteiger charge is 2.35. The topological polar surface area (TPSA) is 54.7 Å². The summed E-state index contributed by atoms with van der Waals surface area (Å²) < 4.78 is 37.2. The molecule has 3 N–H and O–H groups in total. The van der Waals surface area contributed by atoms with Crippen LogP contribution in [0.5, 0.6) is 0 Å². The van der Waals surface area contributed by atoms with Crippen LogP contribution in [0.3, 0.4) is 0 Å². The molecule has 0 bridgehead atoms. The average molecular weight is 221 g/mol. The van der Waals surface area contributed by atoms with Gasteiger partial charge in [-0.1, -0.05) is 0 Å². The van der Waals surface area contributed by atoms with Crippen molar-refractivity contribution in [2.75, 3.05) is 0 Å². The Morgan fingerprint density at radius 1 is 1.40 bits per heavy atom. The third-order valence-corrected chi connectivity index (χ3v) is 2.04. The number of nitrogens with one attached hydrogen (secondary N) is 1. The van der Waals surface area contributed by atoms with Gasteiger partial charge in [-0.05, 0) is 26.7 Å². The molecular weight excluding hydrogens is 207 g/mol.